The van der Waals surface area contributed by atoms with Crippen molar-refractivity contribution >= 4 is 23.4 Å². The Kier molecular flexibility index (Phi) is 10.5. The number of amides is 2. The van der Waals surface area contributed by atoms with Crippen LogP contribution in [-0.4, -0.2) is 51.0 Å². The van der Waals surface area contributed by atoms with Gasteiger partial charge in [-0.2, -0.15) is 0 Å². The predicted molar refractivity (Wildman–Crippen MR) is 130 cm³/mol. The molecule has 174 valence electrons. The van der Waals surface area contributed by atoms with Crippen molar-refractivity contribution in [2.75, 3.05) is 44.1 Å². The van der Waals surface area contributed by atoms with Gasteiger partial charge in [-0.1, -0.05) is 44.0 Å². The van der Waals surface area contributed by atoms with Crippen LogP contribution in [0.3, 0.4) is 0 Å². The molecule has 0 fully saturated rings. The Hall–Kier alpha value is -3.06. The van der Waals surface area contributed by atoms with Crippen LogP contribution in [0.4, 0.5) is 16.2 Å². The van der Waals surface area contributed by atoms with Crippen molar-refractivity contribution in [1.29, 1.82) is 0 Å². The number of rotatable bonds is 13. The number of nitrogens with zero attached hydrogens (tertiary/aromatic N) is 1. The number of carboxylic acid groups (broad SMARTS) is 1. The largest absolute Gasteiger partial charge is 0.481 e. The second-order valence-electron chi connectivity index (χ2n) is 7.73. The molecule has 0 unspecified atom stereocenters. The normalized spacial score (nSPS) is 10.6. The van der Waals surface area contributed by atoms with Crippen LogP contribution >= 0.6 is 0 Å². The number of hydrogen-bond donors (Lipinski definition) is 3. The Morgan fingerprint density at radius 2 is 1.84 bits per heavy atom. The summed E-state index contributed by atoms with van der Waals surface area (Å²) in [5, 5.41) is 15.3. The lowest BCUT2D eigenvalue weighted by Crippen LogP contribution is -2.37. The minimum absolute atomic E-state index is 0.0753. The zero-order chi connectivity index (χ0) is 23.3. The number of methoxy groups -OCH3 is 1. The number of carboxylic acids is 1. The van der Waals surface area contributed by atoms with Gasteiger partial charge in [-0.25, -0.2) is 4.79 Å². The van der Waals surface area contributed by atoms with Gasteiger partial charge in [0.05, 0.1) is 6.61 Å². The lowest BCUT2D eigenvalue weighted by molar-refractivity contribution is -0.136. The molecule has 3 N–H and O–H groups in total. The first-order chi connectivity index (χ1) is 15.5. The molecule has 7 heteroatoms. The Balaban J connectivity index is 2.20. The Labute approximate surface area is 190 Å². The molecule has 0 heterocycles. The first kappa shape index (κ1) is 25.2. The summed E-state index contributed by atoms with van der Waals surface area (Å²) >= 11 is 0. The minimum Gasteiger partial charge on any atom is -0.481 e. The molecule has 2 aromatic carbocycles. The number of unbranched alkanes of at least 4 members (excludes halogenated alkanes) is 2. The number of anilines is 2. The number of aryl methyl sites for hydroxylation is 1. The molecule has 0 aliphatic rings. The molecular weight excluding hydrogens is 406 g/mol. The highest BCUT2D eigenvalue weighted by Crippen LogP contribution is 2.29. The van der Waals surface area contributed by atoms with Crippen molar-refractivity contribution in [3.05, 3.63) is 48.0 Å². The fraction of sp³-hybridized carbons (Fsp3) is 0.440. The number of carbonyl (C=O) groups excluding carboxylic acids is 1. The van der Waals surface area contributed by atoms with Crippen LogP contribution in [0, 0.1) is 0 Å². The van der Waals surface area contributed by atoms with E-state index in [0.29, 0.717) is 26.1 Å². The average molecular weight is 442 g/mol. The summed E-state index contributed by atoms with van der Waals surface area (Å²) in [6, 6.07) is 13.7. The van der Waals surface area contributed by atoms with Crippen molar-refractivity contribution < 1.29 is 19.4 Å². The summed E-state index contributed by atoms with van der Waals surface area (Å²) in [5.41, 5.74) is 4.62. The van der Waals surface area contributed by atoms with Crippen LogP contribution in [0.1, 0.15) is 38.2 Å². The molecule has 0 radical (unpaired) electrons. The quantitative estimate of drug-likeness (QED) is 0.390. The maximum Gasteiger partial charge on any atom is 0.321 e. The number of nitrogens with one attached hydrogen (secondary N) is 2. The maximum absolute atomic E-state index is 12.5. The summed E-state index contributed by atoms with van der Waals surface area (Å²) in [4.78, 5) is 25.1. The topological polar surface area (TPSA) is 90.9 Å². The van der Waals surface area contributed by atoms with Gasteiger partial charge in [0.15, 0.2) is 0 Å². The third kappa shape index (κ3) is 7.89. The average Bonchev–Trinajstić information content (AvgIpc) is 2.80. The Bertz CT molecular complexity index is 885. The molecule has 2 aromatic rings. The van der Waals surface area contributed by atoms with Crippen molar-refractivity contribution in [3.8, 4) is 11.1 Å². The van der Waals surface area contributed by atoms with Gasteiger partial charge < -0.3 is 20.5 Å². The number of ether oxygens (including phenoxy) is 1. The predicted octanol–water partition coefficient (Wildman–Crippen LogP) is 4.77. The summed E-state index contributed by atoms with van der Waals surface area (Å²) in [7, 11) is 3.41. The Morgan fingerprint density at radius 3 is 2.56 bits per heavy atom. The first-order valence-corrected chi connectivity index (χ1v) is 11.2. The summed E-state index contributed by atoms with van der Waals surface area (Å²) in [6.45, 7) is 3.99. The lowest BCUT2D eigenvalue weighted by atomic mass is 9.99. The van der Waals surface area contributed by atoms with Crippen LogP contribution < -0.4 is 15.5 Å². The molecule has 0 saturated carbocycles. The van der Waals surface area contributed by atoms with E-state index in [1.807, 2.05) is 42.5 Å². The highest BCUT2D eigenvalue weighted by Gasteiger charge is 2.12. The number of urea groups is 1. The smallest absolute Gasteiger partial charge is 0.321 e. The molecule has 0 aromatic heterocycles. The maximum atomic E-state index is 12.5. The van der Waals surface area contributed by atoms with E-state index in [2.05, 4.69) is 17.6 Å². The van der Waals surface area contributed by atoms with Gasteiger partial charge in [-0.15, -0.1) is 0 Å². The molecule has 0 spiro atoms. The van der Waals surface area contributed by atoms with E-state index in [9.17, 15) is 9.59 Å². The SMILES string of the molecule is CCCCCNC(=O)N(C)c1cccc(-c2ccc(CCC(=O)O)c(NCCOC)c2)c1. The highest BCUT2D eigenvalue weighted by molar-refractivity contribution is 5.92. The standard InChI is InChI=1S/C25H35N3O4/c1-4-5-6-14-27-25(31)28(2)22-9-7-8-20(17-22)21-11-10-19(12-13-24(29)30)23(18-21)26-15-16-32-3/h7-11,17-18,26H,4-6,12-16H2,1-3H3,(H,27,31)(H,29,30). The second kappa shape index (κ2) is 13.4. The zero-order valence-electron chi connectivity index (χ0n) is 19.3. The molecule has 0 aliphatic heterocycles. The molecule has 0 aliphatic carbocycles. The number of aliphatic carboxylic acids is 1. The van der Waals surface area contributed by atoms with E-state index in [1.165, 1.54) is 0 Å². The third-order valence-electron chi connectivity index (χ3n) is 5.27. The molecule has 0 bridgehead atoms. The molecule has 7 nitrogen and oxygen atoms in total. The van der Waals surface area contributed by atoms with E-state index >= 15 is 0 Å². The molecular formula is C25H35N3O4. The van der Waals surface area contributed by atoms with Gasteiger partial charge in [0.2, 0.25) is 0 Å². The van der Waals surface area contributed by atoms with E-state index in [4.69, 9.17) is 9.84 Å². The Morgan fingerprint density at radius 1 is 1.06 bits per heavy atom. The van der Waals surface area contributed by atoms with Gasteiger partial charge in [-0.05, 0) is 47.7 Å². The van der Waals surface area contributed by atoms with E-state index < -0.39 is 5.97 Å². The highest BCUT2D eigenvalue weighted by atomic mass is 16.5. The molecule has 2 rings (SSSR count). The monoisotopic (exact) mass is 441 g/mol. The van der Waals surface area contributed by atoms with Crippen LogP contribution in [-0.2, 0) is 16.0 Å². The van der Waals surface area contributed by atoms with Crippen LogP contribution in [0.25, 0.3) is 11.1 Å². The van der Waals surface area contributed by atoms with E-state index in [1.54, 1.807) is 19.1 Å². The van der Waals surface area contributed by atoms with Gasteiger partial charge in [0.1, 0.15) is 0 Å². The summed E-state index contributed by atoms with van der Waals surface area (Å²) in [6.07, 6.45) is 3.72. The van der Waals surface area contributed by atoms with E-state index in [-0.39, 0.29) is 12.5 Å². The number of hydrogen-bond acceptors (Lipinski definition) is 4. The van der Waals surface area contributed by atoms with Crippen LogP contribution in [0.15, 0.2) is 42.5 Å². The van der Waals surface area contributed by atoms with Gasteiger partial charge in [0, 0.05) is 45.0 Å². The summed E-state index contributed by atoms with van der Waals surface area (Å²) in [5.74, 6) is -0.819. The lowest BCUT2D eigenvalue weighted by Gasteiger charge is -2.19. The number of carbonyl (C=O) groups is 2. The summed E-state index contributed by atoms with van der Waals surface area (Å²) < 4.78 is 5.12. The number of benzene rings is 2. The molecule has 0 atom stereocenters. The third-order valence-corrected chi connectivity index (χ3v) is 5.27. The van der Waals surface area contributed by atoms with Crippen molar-refractivity contribution in [2.45, 2.75) is 39.0 Å². The fourth-order valence-electron chi connectivity index (χ4n) is 3.37. The van der Waals surface area contributed by atoms with Crippen LogP contribution in [0.2, 0.25) is 0 Å². The van der Waals surface area contributed by atoms with Crippen molar-refractivity contribution in [1.82, 2.24) is 5.32 Å². The van der Waals surface area contributed by atoms with Crippen LogP contribution in [0.5, 0.6) is 0 Å². The van der Waals surface area contributed by atoms with Crippen molar-refractivity contribution in [2.24, 2.45) is 0 Å². The van der Waals surface area contributed by atoms with Crippen molar-refractivity contribution in [3.63, 3.8) is 0 Å². The first-order valence-electron chi connectivity index (χ1n) is 11.2. The molecule has 0 saturated heterocycles. The van der Waals surface area contributed by atoms with Gasteiger partial charge in [-0.3, -0.25) is 9.69 Å². The zero-order valence-corrected chi connectivity index (χ0v) is 19.3. The minimum atomic E-state index is -0.819. The van der Waals surface area contributed by atoms with Gasteiger partial charge >= 0.3 is 12.0 Å². The second-order valence-corrected chi connectivity index (χ2v) is 7.73. The molecule has 2 amide bonds. The fourth-order valence-corrected chi connectivity index (χ4v) is 3.37. The van der Waals surface area contributed by atoms with Gasteiger partial charge in [0.25, 0.3) is 0 Å². The molecule has 32 heavy (non-hydrogen) atoms. The van der Waals surface area contributed by atoms with E-state index in [0.717, 1.165) is 47.3 Å².